The lowest BCUT2D eigenvalue weighted by molar-refractivity contribution is 0.245. The summed E-state index contributed by atoms with van der Waals surface area (Å²) >= 11 is 0. The minimum Gasteiger partial charge on any atom is -0.496 e. The van der Waals surface area contributed by atoms with E-state index in [0.717, 1.165) is 39.4 Å². The van der Waals surface area contributed by atoms with Crippen LogP contribution in [0.3, 0.4) is 0 Å². The Kier molecular flexibility index (Phi) is 5.42. The zero-order valence-electron chi connectivity index (χ0n) is 15.5. The van der Waals surface area contributed by atoms with Crippen LogP contribution >= 0.6 is 0 Å². The van der Waals surface area contributed by atoms with E-state index in [0.29, 0.717) is 13.0 Å². The number of nitrogens with zero attached hydrogens (tertiary/aromatic N) is 2. The summed E-state index contributed by atoms with van der Waals surface area (Å²) in [7, 11) is 6.99. The van der Waals surface area contributed by atoms with Crippen LogP contribution in [0.4, 0.5) is 4.39 Å². The van der Waals surface area contributed by atoms with Crippen LogP contribution in [0.25, 0.3) is 22.2 Å². The van der Waals surface area contributed by atoms with Gasteiger partial charge in [-0.1, -0.05) is 6.07 Å². The molecule has 26 heavy (non-hydrogen) atoms. The Morgan fingerprint density at radius 3 is 2.42 bits per heavy atom. The number of nitrogens with one attached hydrogen (secondary N) is 1. The van der Waals surface area contributed by atoms with E-state index in [2.05, 4.69) is 9.97 Å². The number of pyridine rings is 1. The van der Waals surface area contributed by atoms with Crippen molar-refractivity contribution in [2.24, 2.45) is 0 Å². The SMILES string of the molecule is COc1cccc(OC)c1-c1c[nH]c2nc(CC(F)CN(C)C)ccc12. The van der Waals surface area contributed by atoms with Crippen LogP contribution < -0.4 is 9.47 Å². The van der Waals surface area contributed by atoms with Crippen molar-refractivity contribution in [3.8, 4) is 22.6 Å². The number of halogens is 1. The van der Waals surface area contributed by atoms with Crippen molar-refractivity contribution in [2.45, 2.75) is 12.6 Å². The quantitative estimate of drug-likeness (QED) is 0.701. The first-order chi connectivity index (χ1) is 12.5. The van der Waals surface area contributed by atoms with Crippen LogP contribution in [0.15, 0.2) is 36.5 Å². The average Bonchev–Trinajstić information content (AvgIpc) is 3.02. The molecule has 1 N–H and O–H groups in total. The fraction of sp³-hybridized carbons (Fsp3) is 0.350. The van der Waals surface area contributed by atoms with Gasteiger partial charge >= 0.3 is 0 Å². The molecular formula is C20H24FN3O2. The minimum absolute atomic E-state index is 0.292. The number of alkyl halides is 1. The zero-order chi connectivity index (χ0) is 18.7. The number of H-pyrrole nitrogens is 1. The van der Waals surface area contributed by atoms with Gasteiger partial charge in [-0.15, -0.1) is 0 Å². The Hall–Kier alpha value is -2.60. The number of ether oxygens (including phenoxy) is 2. The summed E-state index contributed by atoms with van der Waals surface area (Å²) in [6, 6.07) is 9.53. The van der Waals surface area contributed by atoms with Gasteiger partial charge in [0.25, 0.3) is 0 Å². The van der Waals surface area contributed by atoms with Gasteiger partial charge in [-0.25, -0.2) is 9.37 Å². The van der Waals surface area contributed by atoms with E-state index >= 15 is 0 Å². The lowest BCUT2D eigenvalue weighted by Crippen LogP contribution is -2.24. The molecule has 0 saturated heterocycles. The van der Waals surface area contributed by atoms with Gasteiger partial charge in [-0.2, -0.15) is 0 Å². The van der Waals surface area contributed by atoms with Crippen molar-refractivity contribution in [2.75, 3.05) is 34.9 Å². The number of hydrogen-bond acceptors (Lipinski definition) is 4. The van der Waals surface area contributed by atoms with Gasteiger partial charge < -0.3 is 19.4 Å². The topological polar surface area (TPSA) is 50.4 Å². The molecule has 1 unspecified atom stereocenters. The van der Waals surface area contributed by atoms with Crippen LogP contribution in [-0.2, 0) is 6.42 Å². The molecule has 1 aromatic carbocycles. The standard InChI is InChI=1S/C20H24FN3O2/c1-24(2)12-13(21)10-14-8-9-15-16(11-22-20(15)23-14)19-17(25-3)6-5-7-18(19)26-4/h5-9,11,13H,10,12H2,1-4H3,(H,22,23). The second-order valence-electron chi connectivity index (χ2n) is 6.50. The maximum Gasteiger partial charge on any atom is 0.138 e. The molecule has 138 valence electrons. The Morgan fingerprint density at radius 2 is 1.81 bits per heavy atom. The average molecular weight is 357 g/mol. The van der Waals surface area contributed by atoms with E-state index in [1.807, 2.05) is 55.5 Å². The van der Waals surface area contributed by atoms with Crippen LogP contribution in [-0.4, -0.2) is 55.9 Å². The molecule has 0 saturated carbocycles. The van der Waals surface area contributed by atoms with E-state index in [1.165, 1.54) is 0 Å². The monoisotopic (exact) mass is 357 g/mol. The van der Waals surface area contributed by atoms with Gasteiger partial charge in [0.2, 0.25) is 0 Å². The molecule has 0 amide bonds. The van der Waals surface area contributed by atoms with Crippen molar-refractivity contribution in [3.05, 3.63) is 42.2 Å². The lowest BCUT2D eigenvalue weighted by atomic mass is 10.0. The summed E-state index contributed by atoms with van der Waals surface area (Å²) in [5.74, 6) is 1.45. The van der Waals surface area contributed by atoms with E-state index in [9.17, 15) is 4.39 Å². The molecular weight excluding hydrogens is 333 g/mol. The highest BCUT2D eigenvalue weighted by molar-refractivity contribution is 5.97. The number of hydrogen-bond donors (Lipinski definition) is 1. The van der Waals surface area contributed by atoms with Crippen molar-refractivity contribution in [3.63, 3.8) is 0 Å². The summed E-state index contributed by atoms with van der Waals surface area (Å²) in [5.41, 5.74) is 3.27. The number of rotatable bonds is 7. The highest BCUT2D eigenvalue weighted by atomic mass is 19.1. The first kappa shape index (κ1) is 18.2. The molecule has 0 aliphatic carbocycles. The second kappa shape index (κ2) is 7.74. The third kappa shape index (κ3) is 3.65. The number of aromatic nitrogens is 2. The largest absolute Gasteiger partial charge is 0.496 e. The van der Waals surface area contributed by atoms with Crippen molar-refractivity contribution in [1.82, 2.24) is 14.9 Å². The lowest BCUT2D eigenvalue weighted by Gasteiger charge is -2.14. The van der Waals surface area contributed by atoms with E-state index in [-0.39, 0.29) is 0 Å². The molecule has 0 bridgehead atoms. The molecule has 3 aromatic rings. The molecule has 0 fully saturated rings. The van der Waals surface area contributed by atoms with Crippen LogP contribution in [0.5, 0.6) is 11.5 Å². The predicted molar refractivity (Wildman–Crippen MR) is 102 cm³/mol. The molecule has 0 radical (unpaired) electrons. The number of methoxy groups -OCH3 is 2. The first-order valence-electron chi connectivity index (χ1n) is 8.50. The molecule has 5 nitrogen and oxygen atoms in total. The number of benzene rings is 1. The van der Waals surface area contributed by atoms with Gasteiger partial charge in [0, 0.05) is 35.8 Å². The van der Waals surface area contributed by atoms with Crippen LogP contribution in [0, 0.1) is 0 Å². The van der Waals surface area contributed by atoms with E-state index in [4.69, 9.17) is 9.47 Å². The van der Waals surface area contributed by atoms with Crippen molar-refractivity contribution < 1.29 is 13.9 Å². The smallest absolute Gasteiger partial charge is 0.138 e. The molecule has 6 heteroatoms. The molecule has 0 aliphatic heterocycles. The van der Waals surface area contributed by atoms with Crippen molar-refractivity contribution >= 4 is 11.0 Å². The fourth-order valence-corrected chi connectivity index (χ4v) is 3.17. The normalized spacial score (nSPS) is 12.5. The zero-order valence-corrected chi connectivity index (χ0v) is 15.5. The summed E-state index contributed by atoms with van der Waals surface area (Å²) in [6.07, 6.45) is 1.23. The van der Waals surface area contributed by atoms with Gasteiger partial charge in [0.05, 0.1) is 19.8 Å². The molecule has 2 aromatic heterocycles. The molecule has 2 heterocycles. The highest BCUT2D eigenvalue weighted by Gasteiger charge is 2.17. The third-order valence-corrected chi connectivity index (χ3v) is 4.29. The summed E-state index contributed by atoms with van der Waals surface area (Å²) in [5, 5.41) is 0.944. The maximum atomic E-state index is 14.1. The third-order valence-electron chi connectivity index (χ3n) is 4.29. The molecule has 3 rings (SSSR count). The van der Waals surface area contributed by atoms with Gasteiger partial charge in [0.15, 0.2) is 0 Å². The first-order valence-corrected chi connectivity index (χ1v) is 8.50. The van der Waals surface area contributed by atoms with Crippen LogP contribution in [0.1, 0.15) is 5.69 Å². The van der Waals surface area contributed by atoms with E-state index in [1.54, 1.807) is 14.2 Å². The summed E-state index contributed by atoms with van der Waals surface area (Å²) in [4.78, 5) is 9.61. The summed E-state index contributed by atoms with van der Waals surface area (Å²) < 4.78 is 25.1. The van der Waals surface area contributed by atoms with Gasteiger partial charge in [-0.05, 0) is 38.4 Å². The van der Waals surface area contributed by atoms with E-state index < -0.39 is 6.17 Å². The van der Waals surface area contributed by atoms with Gasteiger partial charge in [-0.3, -0.25) is 0 Å². The minimum atomic E-state index is -0.946. The van der Waals surface area contributed by atoms with Crippen molar-refractivity contribution in [1.29, 1.82) is 0 Å². The predicted octanol–water partition coefficient (Wildman–Crippen LogP) is 3.69. The maximum absolute atomic E-state index is 14.1. The number of aromatic amines is 1. The molecule has 0 spiro atoms. The fourth-order valence-electron chi connectivity index (χ4n) is 3.17. The second-order valence-corrected chi connectivity index (χ2v) is 6.50. The summed E-state index contributed by atoms with van der Waals surface area (Å²) in [6.45, 7) is 0.383. The molecule has 1 atom stereocenters. The Morgan fingerprint density at radius 1 is 1.12 bits per heavy atom. The highest BCUT2D eigenvalue weighted by Crippen LogP contribution is 2.41. The number of fused-ring (bicyclic) bond motifs is 1. The van der Waals surface area contributed by atoms with Crippen LogP contribution in [0.2, 0.25) is 0 Å². The van der Waals surface area contributed by atoms with Gasteiger partial charge in [0.1, 0.15) is 23.3 Å². The Bertz CT molecular complexity index is 870. The Labute approximate surface area is 152 Å². The Balaban J connectivity index is 1.98. The molecule has 0 aliphatic rings.